The normalized spacial score (nSPS) is 20.7. The highest BCUT2D eigenvalue weighted by Crippen LogP contribution is 2.33. The zero-order valence-electron chi connectivity index (χ0n) is 21.7. The van der Waals surface area contributed by atoms with E-state index in [9.17, 15) is 13.7 Å². The molecule has 0 bridgehead atoms. The van der Waals surface area contributed by atoms with Gasteiger partial charge in [0.25, 0.3) is 0 Å². The highest BCUT2D eigenvalue weighted by Gasteiger charge is 2.28. The molecule has 194 valence electrons. The van der Waals surface area contributed by atoms with Crippen LogP contribution in [0.5, 0.6) is 0 Å². The number of ether oxygens (including phenoxy) is 1. The minimum atomic E-state index is -3.44. The van der Waals surface area contributed by atoms with Gasteiger partial charge in [0.05, 0.1) is 29.2 Å². The number of hydrogen-bond acceptors (Lipinski definition) is 6. The van der Waals surface area contributed by atoms with Crippen molar-refractivity contribution in [3.05, 3.63) is 71.3 Å². The van der Waals surface area contributed by atoms with E-state index in [-0.39, 0.29) is 6.10 Å². The molecule has 7 nitrogen and oxygen atoms in total. The Morgan fingerprint density at radius 3 is 2.70 bits per heavy atom. The Morgan fingerprint density at radius 2 is 1.95 bits per heavy atom. The zero-order valence-corrected chi connectivity index (χ0v) is 22.5. The molecule has 0 saturated carbocycles. The van der Waals surface area contributed by atoms with Crippen LogP contribution in [-0.2, 0) is 21.2 Å². The van der Waals surface area contributed by atoms with E-state index in [0.29, 0.717) is 23.1 Å². The zero-order chi connectivity index (χ0) is 26.2. The van der Waals surface area contributed by atoms with Crippen LogP contribution in [-0.4, -0.2) is 70.5 Å². The Hall–Kier alpha value is -2.96. The van der Waals surface area contributed by atoms with Crippen LogP contribution >= 0.6 is 0 Å². The predicted molar refractivity (Wildman–Crippen MR) is 146 cm³/mol. The van der Waals surface area contributed by atoms with E-state index >= 15 is 0 Å². The number of benzene rings is 3. The predicted octanol–water partition coefficient (Wildman–Crippen LogP) is 4.18. The first-order chi connectivity index (χ1) is 17.8. The fraction of sp³-hybridized carbons (Fsp3) is 0.414. The van der Waals surface area contributed by atoms with Crippen molar-refractivity contribution in [2.75, 3.05) is 51.8 Å². The van der Waals surface area contributed by atoms with E-state index in [1.54, 1.807) is 20.2 Å². The maximum absolute atomic E-state index is 12.6. The first-order valence-electron chi connectivity index (χ1n) is 12.9. The summed E-state index contributed by atoms with van der Waals surface area (Å²) in [6.45, 7) is 6.66. The molecule has 1 fully saturated rings. The van der Waals surface area contributed by atoms with Gasteiger partial charge in [-0.15, -0.1) is 0 Å². The molecule has 1 saturated heterocycles. The second-order valence-electron chi connectivity index (χ2n) is 10.2. The summed E-state index contributed by atoms with van der Waals surface area (Å²) in [5.41, 5.74) is 4.10. The number of anilines is 1. The second-order valence-corrected chi connectivity index (χ2v) is 12.4. The van der Waals surface area contributed by atoms with E-state index in [4.69, 9.17) is 4.74 Å². The molecule has 2 aliphatic rings. The van der Waals surface area contributed by atoms with Crippen molar-refractivity contribution >= 4 is 26.5 Å². The van der Waals surface area contributed by atoms with Crippen molar-refractivity contribution in [2.24, 2.45) is 0 Å². The summed E-state index contributed by atoms with van der Waals surface area (Å²) in [6.07, 6.45) is 1.60. The fourth-order valence-corrected chi connectivity index (χ4v) is 6.52. The standard InChI is InChI=1S/C29H34N4O3S/c1-21-20-33(28-6-4-5-23-17-22(19-30)7-9-26(23)28)15-14-32(21)13-11-29-27-10-8-25(37(34,35)31(2)3)18-24(27)12-16-36-29/h4-10,17-18,21,29H,11-16,20H2,1-3H3/t21-,29+/m1/s1. The lowest BCUT2D eigenvalue weighted by molar-refractivity contribution is 0.0254. The average molecular weight is 519 g/mol. The molecule has 2 aliphatic heterocycles. The van der Waals surface area contributed by atoms with Crippen molar-refractivity contribution in [3.63, 3.8) is 0 Å². The van der Waals surface area contributed by atoms with Crippen molar-refractivity contribution in [2.45, 2.75) is 36.8 Å². The van der Waals surface area contributed by atoms with Gasteiger partial charge in [-0.05, 0) is 66.6 Å². The number of sulfonamides is 1. The first-order valence-corrected chi connectivity index (χ1v) is 14.3. The molecular weight excluding hydrogens is 484 g/mol. The Balaban J connectivity index is 1.25. The topological polar surface area (TPSA) is 76.9 Å². The second kappa shape index (κ2) is 10.4. The molecule has 0 aromatic heterocycles. The van der Waals surface area contributed by atoms with Crippen LogP contribution in [0, 0.1) is 11.3 Å². The summed E-state index contributed by atoms with van der Waals surface area (Å²) in [6, 6.07) is 20.3. The van der Waals surface area contributed by atoms with E-state index < -0.39 is 10.0 Å². The quantitative estimate of drug-likeness (QED) is 0.487. The monoisotopic (exact) mass is 518 g/mol. The molecule has 37 heavy (non-hydrogen) atoms. The Morgan fingerprint density at radius 1 is 1.11 bits per heavy atom. The molecule has 2 atom stereocenters. The molecule has 0 N–H and O–H groups in total. The first kappa shape index (κ1) is 25.7. The van der Waals surface area contributed by atoms with Gasteiger partial charge in [0.15, 0.2) is 0 Å². The number of nitriles is 1. The SMILES string of the molecule is C[C@@H]1CN(c2cccc3cc(C#N)ccc23)CCN1CC[C@@H]1OCCc2cc(S(=O)(=O)N(C)C)ccc21. The van der Waals surface area contributed by atoms with Crippen LogP contribution in [0.2, 0.25) is 0 Å². The average Bonchev–Trinajstić information content (AvgIpc) is 2.91. The molecular formula is C29H34N4O3S. The van der Waals surface area contributed by atoms with E-state index in [1.165, 1.54) is 15.4 Å². The van der Waals surface area contributed by atoms with Gasteiger partial charge < -0.3 is 9.64 Å². The number of piperazine rings is 1. The molecule has 3 aromatic carbocycles. The minimum absolute atomic E-state index is 0.0162. The lowest BCUT2D eigenvalue weighted by Crippen LogP contribution is -2.52. The van der Waals surface area contributed by atoms with Crippen LogP contribution in [0.1, 0.15) is 36.1 Å². The van der Waals surface area contributed by atoms with Gasteiger partial charge in [-0.1, -0.05) is 24.3 Å². The molecule has 0 amide bonds. The number of fused-ring (bicyclic) bond motifs is 2. The number of nitrogens with zero attached hydrogens (tertiary/aromatic N) is 4. The van der Waals surface area contributed by atoms with E-state index in [1.807, 2.05) is 24.3 Å². The molecule has 3 aromatic rings. The Labute approximate surface area is 219 Å². The molecule has 0 aliphatic carbocycles. The highest BCUT2D eigenvalue weighted by atomic mass is 32.2. The highest BCUT2D eigenvalue weighted by molar-refractivity contribution is 7.89. The van der Waals surface area contributed by atoms with Crippen molar-refractivity contribution in [1.82, 2.24) is 9.21 Å². The van der Waals surface area contributed by atoms with Crippen molar-refractivity contribution in [1.29, 1.82) is 5.26 Å². The van der Waals surface area contributed by atoms with Crippen molar-refractivity contribution in [3.8, 4) is 6.07 Å². The Bertz CT molecular complexity index is 1450. The van der Waals surface area contributed by atoms with Gasteiger partial charge in [-0.25, -0.2) is 12.7 Å². The van der Waals surface area contributed by atoms with Crippen LogP contribution in [0.3, 0.4) is 0 Å². The molecule has 0 radical (unpaired) electrons. The Kier molecular flexibility index (Phi) is 7.24. The maximum atomic E-state index is 12.6. The van der Waals surface area contributed by atoms with E-state index in [0.717, 1.165) is 55.5 Å². The van der Waals surface area contributed by atoms with Crippen molar-refractivity contribution < 1.29 is 13.2 Å². The lowest BCUT2D eigenvalue weighted by Gasteiger charge is -2.42. The third-order valence-electron chi connectivity index (χ3n) is 7.70. The van der Waals surface area contributed by atoms with Gasteiger partial charge in [0, 0.05) is 57.4 Å². The third-order valence-corrected chi connectivity index (χ3v) is 9.51. The molecule has 0 spiro atoms. The molecule has 5 rings (SSSR count). The van der Waals surface area contributed by atoms with Gasteiger partial charge in [-0.3, -0.25) is 4.90 Å². The fourth-order valence-electron chi connectivity index (χ4n) is 5.56. The molecule has 8 heteroatoms. The van der Waals surface area contributed by atoms with Crippen LogP contribution < -0.4 is 4.90 Å². The van der Waals surface area contributed by atoms with Crippen LogP contribution in [0.4, 0.5) is 5.69 Å². The van der Waals surface area contributed by atoms with Crippen LogP contribution in [0.15, 0.2) is 59.5 Å². The number of rotatable bonds is 6. The summed E-state index contributed by atoms with van der Waals surface area (Å²) < 4.78 is 32.5. The minimum Gasteiger partial charge on any atom is -0.373 e. The summed E-state index contributed by atoms with van der Waals surface area (Å²) in [4.78, 5) is 5.32. The number of hydrogen-bond donors (Lipinski definition) is 0. The summed E-state index contributed by atoms with van der Waals surface area (Å²) >= 11 is 0. The molecule has 0 unspecified atom stereocenters. The largest absolute Gasteiger partial charge is 0.373 e. The van der Waals surface area contributed by atoms with E-state index in [2.05, 4.69) is 47.1 Å². The molecule has 2 heterocycles. The van der Waals surface area contributed by atoms with Gasteiger partial charge in [-0.2, -0.15) is 5.26 Å². The summed E-state index contributed by atoms with van der Waals surface area (Å²) in [5, 5.41) is 11.5. The van der Waals surface area contributed by atoms with Gasteiger partial charge in [0.1, 0.15) is 0 Å². The summed E-state index contributed by atoms with van der Waals surface area (Å²) in [5.74, 6) is 0. The smallest absolute Gasteiger partial charge is 0.242 e. The van der Waals surface area contributed by atoms with Gasteiger partial charge >= 0.3 is 0 Å². The summed E-state index contributed by atoms with van der Waals surface area (Å²) in [7, 11) is -0.321. The van der Waals surface area contributed by atoms with Gasteiger partial charge in [0.2, 0.25) is 10.0 Å². The third kappa shape index (κ3) is 5.10. The lowest BCUT2D eigenvalue weighted by atomic mass is 9.95. The maximum Gasteiger partial charge on any atom is 0.242 e. The van der Waals surface area contributed by atoms with Crippen LogP contribution in [0.25, 0.3) is 10.8 Å².